The molecule has 1 atom stereocenters. The Hall–Kier alpha value is -1.35. The van der Waals surface area contributed by atoms with Crippen LogP contribution >= 0.6 is 0 Å². The first kappa shape index (κ1) is 14.7. The molecule has 0 saturated heterocycles. The molecule has 0 heterocycles. The van der Waals surface area contributed by atoms with Gasteiger partial charge in [-0.1, -0.05) is 51.1 Å². The number of carbonyl (C=O) groups is 1. The van der Waals surface area contributed by atoms with Crippen LogP contribution in [0.15, 0.2) is 30.3 Å². The van der Waals surface area contributed by atoms with Crippen molar-refractivity contribution in [3.63, 3.8) is 0 Å². The van der Waals surface area contributed by atoms with Crippen LogP contribution in [-0.4, -0.2) is 18.5 Å². The Bertz CT molecular complexity index is 368. The summed E-state index contributed by atoms with van der Waals surface area (Å²) < 4.78 is 0. The third kappa shape index (κ3) is 5.32. The van der Waals surface area contributed by atoms with E-state index in [1.807, 2.05) is 18.2 Å². The van der Waals surface area contributed by atoms with E-state index in [2.05, 4.69) is 38.2 Å². The predicted molar refractivity (Wildman–Crippen MR) is 75.2 cm³/mol. The second-order valence-corrected chi connectivity index (χ2v) is 5.76. The van der Waals surface area contributed by atoms with E-state index in [9.17, 15) is 4.79 Å². The van der Waals surface area contributed by atoms with E-state index in [1.165, 1.54) is 5.56 Å². The fraction of sp³-hybridized carbons (Fsp3) is 0.533. The monoisotopic (exact) mass is 248 g/mol. The predicted octanol–water partition coefficient (Wildman–Crippen LogP) is 2.11. The van der Waals surface area contributed by atoms with Gasteiger partial charge in [0.05, 0.1) is 0 Å². The summed E-state index contributed by atoms with van der Waals surface area (Å²) >= 11 is 0. The fourth-order valence-corrected chi connectivity index (χ4v) is 1.57. The summed E-state index contributed by atoms with van der Waals surface area (Å²) in [5, 5.41) is 2.92. The molecule has 0 bridgehead atoms. The molecule has 100 valence electrons. The zero-order valence-corrected chi connectivity index (χ0v) is 11.6. The first-order valence-electron chi connectivity index (χ1n) is 6.46. The largest absolute Gasteiger partial charge is 0.356 e. The number of hydrogen-bond donors (Lipinski definition) is 2. The average Bonchev–Trinajstić information content (AvgIpc) is 2.29. The van der Waals surface area contributed by atoms with Crippen LogP contribution in [-0.2, 0) is 11.2 Å². The molecule has 1 rings (SSSR count). The summed E-state index contributed by atoms with van der Waals surface area (Å²) in [6, 6.07) is 10.0. The zero-order valence-electron chi connectivity index (χ0n) is 11.6. The van der Waals surface area contributed by atoms with Crippen LogP contribution in [0.3, 0.4) is 0 Å². The maximum atomic E-state index is 11.7. The van der Waals surface area contributed by atoms with Gasteiger partial charge in [0.1, 0.15) is 0 Å². The van der Waals surface area contributed by atoms with E-state index in [1.54, 1.807) is 0 Å². The zero-order chi connectivity index (χ0) is 13.6. The maximum Gasteiger partial charge on any atom is 0.221 e. The van der Waals surface area contributed by atoms with Crippen LogP contribution in [0.25, 0.3) is 0 Å². The Morgan fingerprint density at radius 2 is 1.89 bits per heavy atom. The van der Waals surface area contributed by atoms with Crippen molar-refractivity contribution in [2.24, 2.45) is 11.1 Å². The van der Waals surface area contributed by atoms with Crippen LogP contribution in [0, 0.1) is 5.41 Å². The minimum atomic E-state index is -0.103. The molecule has 0 aromatic heterocycles. The first-order valence-corrected chi connectivity index (χ1v) is 6.46. The normalized spacial score (nSPS) is 13.1. The molecular formula is C15H24N2O. The lowest BCUT2D eigenvalue weighted by Crippen LogP contribution is -2.40. The van der Waals surface area contributed by atoms with Crippen LogP contribution in [0.2, 0.25) is 0 Å². The number of rotatable bonds is 5. The number of nitrogens with one attached hydrogen (secondary N) is 1. The minimum absolute atomic E-state index is 0.0310. The topological polar surface area (TPSA) is 55.1 Å². The summed E-state index contributed by atoms with van der Waals surface area (Å²) in [7, 11) is 0. The van der Waals surface area contributed by atoms with Gasteiger partial charge in [-0.3, -0.25) is 4.79 Å². The Morgan fingerprint density at radius 1 is 1.28 bits per heavy atom. The van der Waals surface area contributed by atoms with E-state index in [4.69, 9.17) is 5.73 Å². The van der Waals surface area contributed by atoms with Crippen LogP contribution in [0.4, 0.5) is 0 Å². The molecule has 0 fully saturated rings. The molecule has 0 spiro atoms. The highest BCUT2D eigenvalue weighted by atomic mass is 16.1. The molecule has 0 saturated carbocycles. The Kier molecular flexibility index (Phi) is 5.35. The minimum Gasteiger partial charge on any atom is -0.356 e. The van der Waals surface area contributed by atoms with Crippen molar-refractivity contribution in [2.45, 2.75) is 39.7 Å². The molecule has 1 amide bonds. The van der Waals surface area contributed by atoms with Crippen molar-refractivity contribution in [3.8, 4) is 0 Å². The van der Waals surface area contributed by atoms with E-state index < -0.39 is 0 Å². The van der Waals surface area contributed by atoms with Gasteiger partial charge in [-0.2, -0.15) is 0 Å². The van der Waals surface area contributed by atoms with Gasteiger partial charge in [-0.25, -0.2) is 0 Å². The lowest BCUT2D eigenvalue weighted by atomic mass is 9.85. The number of amides is 1. The van der Waals surface area contributed by atoms with Crippen molar-refractivity contribution in [1.82, 2.24) is 5.32 Å². The Balaban J connectivity index is 2.26. The third-order valence-electron chi connectivity index (χ3n) is 3.10. The molecule has 0 aliphatic rings. The highest BCUT2D eigenvalue weighted by molar-refractivity contribution is 5.76. The lowest BCUT2D eigenvalue weighted by Gasteiger charge is -2.26. The third-order valence-corrected chi connectivity index (χ3v) is 3.10. The van der Waals surface area contributed by atoms with Crippen LogP contribution in [0.5, 0.6) is 0 Å². The van der Waals surface area contributed by atoms with Gasteiger partial charge in [0.2, 0.25) is 5.91 Å². The SMILES string of the molecule is CC(C)(C)C(N)CC(=O)NCCc1ccccc1. The van der Waals surface area contributed by atoms with Crippen molar-refractivity contribution >= 4 is 5.91 Å². The van der Waals surface area contributed by atoms with E-state index >= 15 is 0 Å². The average molecular weight is 248 g/mol. The second-order valence-electron chi connectivity index (χ2n) is 5.76. The first-order chi connectivity index (χ1) is 8.39. The number of hydrogen-bond acceptors (Lipinski definition) is 2. The highest BCUT2D eigenvalue weighted by Crippen LogP contribution is 2.19. The molecule has 1 unspecified atom stereocenters. The van der Waals surface area contributed by atoms with Crippen LogP contribution < -0.4 is 11.1 Å². The molecule has 1 aromatic rings. The summed E-state index contributed by atoms with van der Waals surface area (Å²) in [5.41, 5.74) is 7.18. The molecule has 18 heavy (non-hydrogen) atoms. The maximum absolute atomic E-state index is 11.7. The molecule has 0 aliphatic carbocycles. The van der Waals surface area contributed by atoms with Gasteiger partial charge in [0.25, 0.3) is 0 Å². The number of carbonyl (C=O) groups excluding carboxylic acids is 1. The Morgan fingerprint density at radius 3 is 2.44 bits per heavy atom. The van der Waals surface area contributed by atoms with E-state index in [0.29, 0.717) is 13.0 Å². The molecule has 1 aromatic carbocycles. The smallest absolute Gasteiger partial charge is 0.221 e. The summed E-state index contributed by atoms with van der Waals surface area (Å²) in [6.45, 7) is 6.82. The second kappa shape index (κ2) is 6.55. The van der Waals surface area contributed by atoms with Crippen molar-refractivity contribution in [1.29, 1.82) is 0 Å². The molecule has 3 heteroatoms. The highest BCUT2D eigenvalue weighted by Gasteiger charge is 2.22. The standard InChI is InChI=1S/C15H24N2O/c1-15(2,3)13(16)11-14(18)17-10-9-12-7-5-4-6-8-12/h4-8,13H,9-11,16H2,1-3H3,(H,17,18). The number of nitrogens with two attached hydrogens (primary N) is 1. The van der Waals surface area contributed by atoms with E-state index in [-0.39, 0.29) is 17.4 Å². The molecule has 3 N–H and O–H groups in total. The van der Waals surface area contributed by atoms with Crippen LogP contribution in [0.1, 0.15) is 32.8 Å². The molecule has 3 nitrogen and oxygen atoms in total. The fourth-order valence-electron chi connectivity index (χ4n) is 1.57. The molecule has 0 radical (unpaired) electrons. The quantitative estimate of drug-likeness (QED) is 0.838. The van der Waals surface area contributed by atoms with Crippen molar-refractivity contribution in [3.05, 3.63) is 35.9 Å². The summed E-state index contributed by atoms with van der Waals surface area (Å²) in [5.74, 6) is 0.0355. The summed E-state index contributed by atoms with van der Waals surface area (Å²) in [6.07, 6.45) is 1.25. The Labute approximate surface area is 110 Å². The van der Waals surface area contributed by atoms with Gasteiger partial charge in [0.15, 0.2) is 0 Å². The van der Waals surface area contributed by atoms with Crippen molar-refractivity contribution < 1.29 is 4.79 Å². The van der Waals surface area contributed by atoms with Gasteiger partial charge >= 0.3 is 0 Å². The number of benzene rings is 1. The summed E-state index contributed by atoms with van der Waals surface area (Å²) in [4.78, 5) is 11.7. The van der Waals surface area contributed by atoms with Gasteiger partial charge in [-0.15, -0.1) is 0 Å². The van der Waals surface area contributed by atoms with Gasteiger partial charge in [-0.05, 0) is 17.4 Å². The van der Waals surface area contributed by atoms with Gasteiger partial charge in [0, 0.05) is 19.0 Å². The molecule has 0 aliphatic heterocycles. The van der Waals surface area contributed by atoms with E-state index in [0.717, 1.165) is 6.42 Å². The van der Waals surface area contributed by atoms with Crippen molar-refractivity contribution in [2.75, 3.05) is 6.54 Å². The lowest BCUT2D eigenvalue weighted by molar-refractivity contribution is -0.121. The van der Waals surface area contributed by atoms with Gasteiger partial charge < -0.3 is 11.1 Å². The molecular weight excluding hydrogens is 224 g/mol.